The van der Waals surface area contributed by atoms with Crippen LogP contribution < -0.4 is 0 Å². The van der Waals surface area contributed by atoms with Crippen LogP contribution in [0.3, 0.4) is 0 Å². The maximum absolute atomic E-state index is 10.8. The third-order valence-corrected chi connectivity index (χ3v) is 4.90. The van der Waals surface area contributed by atoms with E-state index in [1.807, 2.05) is 53.1 Å². The second-order valence-corrected chi connectivity index (χ2v) is 6.63. The van der Waals surface area contributed by atoms with E-state index >= 15 is 0 Å². The number of hydrogen-bond donors (Lipinski definition) is 1. The van der Waals surface area contributed by atoms with Gasteiger partial charge in [-0.2, -0.15) is 16.9 Å². The summed E-state index contributed by atoms with van der Waals surface area (Å²) >= 11 is 7.07. The Morgan fingerprint density at radius 1 is 1.12 bits per heavy atom. The number of benzene rings is 2. The molecule has 0 atom stereocenters. The summed E-state index contributed by atoms with van der Waals surface area (Å²) in [7, 11) is 0. The predicted octanol–water partition coefficient (Wildman–Crippen LogP) is 4.94. The molecule has 0 amide bonds. The van der Waals surface area contributed by atoms with Gasteiger partial charge < -0.3 is 0 Å². The molecule has 3 rings (SSSR count). The number of aromatic nitrogens is 3. The zero-order valence-corrected chi connectivity index (χ0v) is 14.5. The van der Waals surface area contributed by atoms with Crippen LogP contribution in [0.15, 0.2) is 59.8 Å². The van der Waals surface area contributed by atoms with Crippen molar-refractivity contribution in [1.82, 2.24) is 14.8 Å². The summed E-state index contributed by atoms with van der Waals surface area (Å²) in [6.45, 7) is 0.751. The van der Waals surface area contributed by atoms with Crippen molar-refractivity contribution in [2.45, 2.75) is 12.3 Å². The van der Waals surface area contributed by atoms with E-state index in [-0.39, 0.29) is 0 Å². The first-order chi connectivity index (χ1) is 11.8. The third-order valence-electron chi connectivity index (χ3n) is 3.60. The van der Waals surface area contributed by atoms with Gasteiger partial charge in [0.1, 0.15) is 5.69 Å². The molecule has 3 aromatic rings. The molecule has 0 fully saturated rings. The number of nitrogens with zero attached hydrogens (tertiary/aromatic N) is 3. The average Bonchev–Trinajstić information content (AvgIpc) is 3.00. The Hall–Kier alpha value is -2.25. The summed E-state index contributed by atoms with van der Waals surface area (Å²) in [5.41, 5.74) is 2.50. The number of nitrogens with one attached hydrogen (secondary N) is 1. The molecule has 0 radical (unpaired) electrons. The summed E-state index contributed by atoms with van der Waals surface area (Å²) in [5, 5.41) is 10.3. The molecule has 7 heteroatoms. The van der Waals surface area contributed by atoms with Gasteiger partial charge in [-0.1, -0.05) is 48.5 Å². The molecule has 0 spiro atoms. The van der Waals surface area contributed by atoms with Crippen molar-refractivity contribution in [2.24, 2.45) is 5.18 Å². The maximum Gasteiger partial charge on any atom is 0.195 e. The first-order valence-corrected chi connectivity index (χ1v) is 9.05. The Balaban J connectivity index is 1.65. The van der Waals surface area contributed by atoms with Crippen molar-refractivity contribution in [3.05, 3.63) is 69.8 Å². The van der Waals surface area contributed by atoms with Gasteiger partial charge in [0.15, 0.2) is 10.6 Å². The van der Waals surface area contributed by atoms with Crippen LogP contribution in [0.4, 0.5) is 5.69 Å². The van der Waals surface area contributed by atoms with Gasteiger partial charge in [0.2, 0.25) is 0 Å². The van der Waals surface area contributed by atoms with Gasteiger partial charge >= 0.3 is 0 Å². The number of aromatic amines is 1. The van der Waals surface area contributed by atoms with E-state index in [4.69, 9.17) is 12.2 Å². The fourth-order valence-electron chi connectivity index (χ4n) is 2.39. The van der Waals surface area contributed by atoms with Crippen LogP contribution in [0.5, 0.6) is 0 Å². The van der Waals surface area contributed by atoms with E-state index in [0.717, 1.165) is 35.0 Å². The van der Waals surface area contributed by atoms with E-state index in [9.17, 15) is 4.91 Å². The number of thioether (sulfide) groups is 1. The normalized spacial score (nSPS) is 10.7. The van der Waals surface area contributed by atoms with E-state index in [1.54, 1.807) is 17.8 Å². The van der Waals surface area contributed by atoms with Crippen LogP contribution in [-0.4, -0.2) is 20.5 Å². The highest BCUT2D eigenvalue weighted by Crippen LogP contribution is 2.24. The molecule has 0 bridgehead atoms. The molecule has 0 saturated heterocycles. The Morgan fingerprint density at radius 2 is 1.88 bits per heavy atom. The van der Waals surface area contributed by atoms with Crippen molar-refractivity contribution in [3.63, 3.8) is 0 Å². The van der Waals surface area contributed by atoms with E-state index < -0.39 is 0 Å². The summed E-state index contributed by atoms with van der Waals surface area (Å²) < 4.78 is 2.62. The van der Waals surface area contributed by atoms with Gasteiger partial charge in [0.05, 0.1) is 0 Å². The largest absolute Gasteiger partial charge is 0.299 e. The topological polar surface area (TPSA) is 63.0 Å². The average molecular weight is 356 g/mol. The minimum Gasteiger partial charge on any atom is -0.299 e. The fourth-order valence-corrected chi connectivity index (χ4v) is 3.54. The molecule has 0 aliphatic carbocycles. The molecule has 1 aromatic heterocycles. The first-order valence-electron chi connectivity index (χ1n) is 7.49. The molecular weight excluding hydrogens is 340 g/mol. The van der Waals surface area contributed by atoms with Crippen LogP contribution in [0.2, 0.25) is 0 Å². The van der Waals surface area contributed by atoms with E-state index in [2.05, 4.69) is 15.4 Å². The van der Waals surface area contributed by atoms with E-state index in [0.29, 0.717) is 10.5 Å². The van der Waals surface area contributed by atoms with Crippen molar-refractivity contribution in [1.29, 1.82) is 0 Å². The van der Waals surface area contributed by atoms with Crippen molar-refractivity contribution in [2.75, 3.05) is 5.75 Å². The molecule has 24 heavy (non-hydrogen) atoms. The van der Waals surface area contributed by atoms with Crippen LogP contribution in [0.1, 0.15) is 5.56 Å². The zero-order valence-electron chi connectivity index (χ0n) is 12.9. The summed E-state index contributed by atoms with van der Waals surface area (Å²) in [4.78, 5) is 10.8. The van der Waals surface area contributed by atoms with Gasteiger partial charge in [-0.05, 0) is 29.0 Å². The highest BCUT2D eigenvalue weighted by molar-refractivity contribution is 7.98. The highest BCUT2D eigenvalue weighted by atomic mass is 32.2. The number of nitroso groups, excluding NO2 is 1. The van der Waals surface area contributed by atoms with Crippen molar-refractivity contribution < 1.29 is 0 Å². The maximum atomic E-state index is 10.8. The van der Waals surface area contributed by atoms with Crippen LogP contribution in [-0.2, 0) is 12.3 Å². The summed E-state index contributed by atoms with van der Waals surface area (Å²) in [6, 6.07) is 17.4. The molecule has 1 N–H and O–H groups in total. The van der Waals surface area contributed by atoms with Crippen LogP contribution in [0.25, 0.3) is 11.4 Å². The van der Waals surface area contributed by atoms with Crippen LogP contribution in [0, 0.1) is 9.68 Å². The number of hydrogen-bond acceptors (Lipinski definition) is 5. The third kappa shape index (κ3) is 3.80. The number of H-pyrrole nitrogens is 1. The quantitative estimate of drug-likeness (QED) is 0.370. The standard InChI is InChI=1S/C17H16N4OS2/c22-20-15-9-5-4-8-14(15)12-24-11-10-21-16(18-19-17(21)23)13-6-2-1-3-7-13/h1-9H,10-12H2,(H,19,23). The second kappa shape index (κ2) is 8.03. The summed E-state index contributed by atoms with van der Waals surface area (Å²) in [6.07, 6.45) is 0. The van der Waals surface area contributed by atoms with Crippen molar-refractivity contribution >= 4 is 29.7 Å². The molecule has 1 heterocycles. The van der Waals surface area contributed by atoms with Gasteiger partial charge in [-0.15, -0.1) is 4.91 Å². The van der Waals surface area contributed by atoms with E-state index in [1.165, 1.54) is 0 Å². The molecule has 0 aliphatic rings. The highest BCUT2D eigenvalue weighted by Gasteiger charge is 2.08. The lowest BCUT2D eigenvalue weighted by Gasteiger charge is -2.07. The minimum absolute atomic E-state index is 0.509. The predicted molar refractivity (Wildman–Crippen MR) is 101 cm³/mol. The molecule has 2 aromatic carbocycles. The first kappa shape index (κ1) is 16.6. The monoisotopic (exact) mass is 356 g/mol. The molecule has 0 aliphatic heterocycles. The SMILES string of the molecule is O=Nc1ccccc1CSCCn1c(-c2ccccc2)n[nH]c1=S. The smallest absolute Gasteiger partial charge is 0.195 e. The lowest BCUT2D eigenvalue weighted by atomic mass is 10.2. The molecular formula is C17H16N4OS2. The lowest BCUT2D eigenvalue weighted by Crippen LogP contribution is -2.03. The minimum atomic E-state index is 0.509. The Morgan fingerprint density at radius 3 is 2.67 bits per heavy atom. The van der Waals surface area contributed by atoms with Crippen LogP contribution >= 0.6 is 24.0 Å². The molecule has 0 saturated carbocycles. The van der Waals surface area contributed by atoms with Gasteiger partial charge in [0.25, 0.3) is 0 Å². The van der Waals surface area contributed by atoms with Gasteiger partial charge in [-0.25, -0.2) is 0 Å². The Bertz CT molecular complexity index is 874. The number of rotatable bonds is 7. The second-order valence-electron chi connectivity index (χ2n) is 5.14. The lowest BCUT2D eigenvalue weighted by molar-refractivity contribution is 0.764. The van der Waals surface area contributed by atoms with Crippen molar-refractivity contribution in [3.8, 4) is 11.4 Å². The molecule has 122 valence electrons. The zero-order chi connectivity index (χ0) is 16.8. The summed E-state index contributed by atoms with van der Waals surface area (Å²) in [5.74, 6) is 2.45. The molecule has 5 nitrogen and oxygen atoms in total. The van der Waals surface area contributed by atoms with Gasteiger partial charge in [0, 0.05) is 23.6 Å². The molecule has 0 unspecified atom stereocenters. The fraction of sp³-hybridized carbons (Fsp3) is 0.176. The van der Waals surface area contributed by atoms with Gasteiger partial charge in [-0.3, -0.25) is 9.67 Å². The Kier molecular flexibility index (Phi) is 5.55. The Labute approximate surface area is 149 Å².